The van der Waals surface area contributed by atoms with Crippen molar-refractivity contribution in [1.82, 2.24) is 0 Å². The Morgan fingerprint density at radius 2 is 1.50 bits per heavy atom. The first-order chi connectivity index (χ1) is 6.83. The summed E-state index contributed by atoms with van der Waals surface area (Å²) in [4.78, 5) is 0. The molecule has 0 bridgehead atoms. The van der Waals surface area contributed by atoms with Crippen LogP contribution in [-0.2, 0) is 14.2 Å². The highest BCUT2D eigenvalue weighted by Crippen LogP contribution is 1.78. The smallest absolute Gasteiger partial charge is 0.0701 e. The molecule has 86 valence electrons. The summed E-state index contributed by atoms with van der Waals surface area (Å²) in [7, 11) is 1.63. The molecule has 14 heavy (non-hydrogen) atoms. The van der Waals surface area contributed by atoms with Gasteiger partial charge < -0.3 is 19.3 Å². The Bertz CT molecular complexity index is 88.1. The van der Waals surface area contributed by atoms with Gasteiger partial charge in [-0.15, -0.1) is 6.58 Å². The summed E-state index contributed by atoms with van der Waals surface area (Å²) in [6.07, 6.45) is 1.75. The summed E-state index contributed by atoms with van der Waals surface area (Å²) in [6.45, 7) is 8.00. The molecule has 0 aliphatic heterocycles. The Labute approximate surface area is 86.5 Å². The molecule has 0 spiro atoms. The Hall–Kier alpha value is -0.420. The number of hydrogen-bond acceptors (Lipinski definition) is 4. The number of aliphatic hydroxyl groups is 1. The first kappa shape index (κ1) is 16.0. The molecular formula is C10H22O4. The van der Waals surface area contributed by atoms with Gasteiger partial charge in [0.05, 0.1) is 39.6 Å². The number of hydrogen-bond donors (Lipinski definition) is 1. The minimum atomic E-state index is 0.0675. The van der Waals surface area contributed by atoms with Gasteiger partial charge in [0, 0.05) is 7.11 Å². The van der Waals surface area contributed by atoms with Crippen LogP contribution in [0.15, 0.2) is 12.7 Å². The van der Waals surface area contributed by atoms with Gasteiger partial charge in [0.2, 0.25) is 0 Å². The van der Waals surface area contributed by atoms with Gasteiger partial charge in [-0.3, -0.25) is 0 Å². The summed E-state index contributed by atoms with van der Waals surface area (Å²) < 4.78 is 14.8. The van der Waals surface area contributed by atoms with E-state index in [9.17, 15) is 0 Å². The lowest BCUT2D eigenvalue weighted by Crippen LogP contribution is -2.09. The monoisotopic (exact) mass is 206 g/mol. The highest BCUT2D eigenvalue weighted by atomic mass is 16.5. The fraction of sp³-hybridized carbons (Fsp3) is 0.800. The fourth-order valence-corrected chi connectivity index (χ4v) is 0.529. The molecule has 0 aromatic heterocycles. The van der Waals surface area contributed by atoms with E-state index in [2.05, 4.69) is 6.58 Å². The number of allylic oxidation sites excluding steroid dienone is 1. The quantitative estimate of drug-likeness (QED) is 0.472. The van der Waals surface area contributed by atoms with Gasteiger partial charge >= 0.3 is 0 Å². The topological polar surface area (TPSA) is 47.9 Å². The van der Waals surface area contributed by atoms with Crippen molar-refractivity contribution < 1.29 is 19.3 Å². The van der Waals surface area contributed by atoms with Crippen molar-refractivity contribution >= 4 is 0 Å². The highest BCUT2D eigenvalue weighted by Gasteiger charge is 1.87. The van der Waals surface area contributed by atoms with Crippen molar-refractivity contribution in [2.75, 3.05) is 46.8 Å². The molecule has 1 N–H and O–H groups in total. The summed E-state index contributed by atoms with van der Waals surface area (Å²) >= 11 is 0. The van der Waals surface area contributed by atoms with Crippen LogP contribution in [0.1, 0.15) is 6.92 Å². The van der Waals surface area contributed by atoms with E-state index in [1.54, 1.807) is 13.2 Å². The molecule has 4 heteroatoms. The number of methoxy groups -OCH3 is 1. The van der Waals surface area contributed by atoms with Crippen molar-refractivity contribution in [2.45, 2.75) is 6.92 Å². The molecule has 0 rings (SSSR count). The van der Waals surface area contributed by atoms with Crippen LogP contribution in [0.5, 0.6) is 0 Å². The van der Waals surface area contributed by atoms with Gasteiger partial charge in [-0.25, -0.2) is 0 Å². The van der Waals surface area contributed by atoms with Gasteiger partial charge in [-0.2, -0.15) is 0 Å². The van der Waals surface area contributed by atoms with Crippen molar-refractivity contribution in [3.63, 3.8) is 0 Å². The molecule has 0 amide bonds. The zero-order chi connectivity index (χ0) is 11.1. The molecule has 0 radical (unpaired) electrons. The van der Waals surface area contributed by atoms with Crippen LogP contribution >= 0.6 is 0 Å². The molecule has 0 fully saturated rings. The zero-order valence-corrected chi connectivity index (χ0v) is 9.20. The Balaban J connectivity index is 0. The molecule has 0 heterocycles. The molecule has 0 saturated heterocycles. The molecule has 0 saturated carbocycles. The summed E-state index contributed by atoms with van der Waals surface area (Å²) in [5.74, 6) is 0. The summed E-state index contributed by atoms with van der Waals surface area (Å²) in [5.41, 5.74) is 0. The molecule has 0 aromatic carbocycles. The van der Waals surface area contributed by atoms with Crippen LogP contribution in [-0.4, -0.2) is 51.9 Å². The van der Waals surface area contributed by atoms with Crippen molar-refractivity contribution in [1.29, 1.82) is 0 Å². The number of rotatable bonds is 8. The predicted octanol–water partition coefficient (Wildman–Crippen LogP) is 0.851. The van der Waals surface area contributed by atoms with Crippen LogP contribution in [0.4, 0.5) is 0 Å². The number of ether oxygens (including phenoxy) is 3. The lowest BCUT2D eigenvalue weighted by atomic mass is 10.7. The molecule has 0 unspecified atom stereocenters. The van der Waals surface area contributed by atoms with E-state index in [1.165, 1.54) is 0 Å². The van der Waals surface area contributed by atoms with Crippen LogP contribution < -0.4 is 0 Å². The average Bonchev–Trinajstić information content (AvgIpc) is 2.18. The SMILES string of the molecule is C=CC.COCCOCCOCCO. The van der Waals surface area contributed by atoms with Crippen molar-refractivity contribution in [3.05, 3.63) is 12.7 Å². The Morgan fingerprint density at radius 3 is 1.93 bits per heavy atom. The second-order valence-corrected chi connectivity index (χ2v) is 2.35. The second kappa shape index (κ2) is 18.4. The lowest BCUT2D eigenvalue weighted by Gasteiger charge is -2.03. The number of aliphatic hydroxyl groups excluding tert-OH is 1. The summed E-state index contributed by atoms with van der Waals surface area (Å²) in [5, 5.41) is 8.32. The van der Waals surface area contributed by atoms with Gasteiger partial charge in [-0.05, 0) is 6.92 Å². The fourth-order valence-electron chi connectivity index (χ4n) is 0.529. The zero-order valence-electron chi connectivity index (χ0n) is 9.20. The standard InChI is InChI=1S/C7H16O4.C3H6/c1-9-4-5-11-7-6-10-3-2-8;1-3-2/h8H,2-7H2,1H3;3H,1H2,2H3. The predicted molar refractivity (Wildman–Crippen MR) is 56.5 cm³/mol. The maximum atomic E-state index is 8.32. The highest BCUT2D eigenvalue weighted by molar-refractivity contribution is 4.51. The normalized spacial score (nSPS) is 9.07. The van der Waals surface area contributed by atoms with E-state index in [0.717, 1.165) is 0 Å². The van der Waals surface area contributed by atoms with Crippen molar-refractivity contribution in [3.8, 4) is 0 Å². The third-order valence-corrected chi connectivity index (χ3v) is 1.04. The maximum absolute atomic E-state index is 8.32. The minimum absolute atomic E-state index is 0.0675. The largest absolute Gasteiger partial charge is 0.394 e. The first-order valence-corrected chi connectivity index (χ1v) is 4.65. The third-order valence-electron chi connectivity index (χ3n) is 1.04. The van der Waals surface area contributed by atoms with E-state index in [0.29, 0.717) is 33.0 Å². The molecule has 0 aromatic rings. The van der Waals surface area contributed by atoms with Crippen LogP contribution in [0, 0.1) is 0 Å². The molecule has 0 aliphatic carbocycles. The maximum Gasteiger partial charge on any atom is 0.0701 e. The van der Waals surface area contributed by atoms with Crippen LogP contribution in [0.25, 0.3) is 0 Å². The lowest BCUT2D eigenvalue weighted by molar-refractivity contribution is 0.0159. The van der Waals surface area contributed by atoms with E-state index < -0.39 is 0 Å². The van der Waals surface area contributed by atoms with Gasteiger partial charge in [0.15, 0.2) is 0 Å². The molecule has 4 nitrogen and oxygen atoms in total. The van der Waals surface area contributed by atoms with E-state index >= 15 is 0 Å². The molecular weight excluding hydrogens is 184 g/mol. The third kappa shape index (κ3) is 22.6. The minimum Gasteiger partial charge on any atom is -0.394 e. The van der Waals surface area contributed by atoms with Crippen molar-refractivity contribution in [2.24, 2.45) is 0 Å². The Kier molecular flexibility index (Phi) is 21.0. The summed E-state index contributed by atoms with van der Waals surface area (Å²) in [6, 6.07) is 0. The Morgan fingerprint density at radius 1 is 1.07 bits per heavy atom. The van der Waals surface area contributed by atoms with Gasteiger partial charge in [-0.1, -0.05) is 6.08 Å². The van der Waals surface area contributed by atoms with E-state index in [4.69, 9.17) is 19.3 Å². The van der Waals surface area contributed by atoms with E-state index in [-0.39, 0.29) is 6.61 Å². The van der Waals surface area contributed by atoms with Gasteiger partial charge in [0.25, 0.3) is 0 Å². The average molecular weight is 206 g/mol. The van der Waals surface area contributed by atoms with Gasteiger partial charge in [0.1, 0.15) is 0 Å². The van der Waals surface area contributed by atoms with Crippen LogP contribution in [0.3, 0.4) is 0 Å². The van der Waals surface area contributed by atoms with Crippen LogP contribution in [0.2, 0.25) is 0 Å². The molecule has 0 aliphatic rings. The molecule has 0 atom stereocenters. The van der Waals surface area contributed by atoms with E-state index in [1.807, 2.05) is 6.92 Å². The first-order valence-electron chi connectivity index (χ1n) is 4.65. The second-order valence-electron chi connectivity index (χ2n) is 2.35.